The zero-order chi connectivity index (χ0) is 10.4. The fourth-order valence-corrected chi connectivity index (χ4v) is 1.21. The minimum absolute atomic E-state index is 0.477. The molecule has 0 radical (unpaired) electrons. The third kappa shape index (κ3) is 3.09. The second kappa shape index (κ2) is 5.73. The van der Waals surface area contributed by atoms with Crippen molar-refractivity contribution in [3.05, 3.63) is 23.2 Å². The SMILES string of the molecule is COCCCOc1cccc(N)c1Cl. The number of methoxy groups -OCH3 is 1. The van der Waals surface area contributed by atoms with Gasteiger partial charge in [0, 0.05) is 20.1 Å². The molecule has 0 unspecified atom stereocenters. The minimum atomic E-state index is 0.477. The maximum absolute atomic E-state index is 5.92. The van der Waals surface area contributed by atoms with Crippen LogP contribution in [-0.4, -0.2) is 20.3 Å². The van der Waals surface area contributed by atoms with Gasteiger partial charge in [0.2, 0.25) is 0 Å². The number of benzene rings is 1. The van der Waals surface area contributed by atoms with Crippen LogP contribution in [-0.2, 0) is 4.74 Å². The number of rotatable bonds is 5. The fourth-order valence-electron chi connectivity index (χ4n) is 1.02. The number of ether oxygens (including phenoxy) is 2. The van der Waals surface area contributed by atoms with Crippen LogP contribution in [0.2, 0.25) is 5.02 Å². The van der Waals surface area contributed by atoms with Crippen LogP contribution in [0.4, 0.5) is 5.69 Å². The van der Waals surface area contributed by atoms with Crippen molar-refractivity contribution >= 4 is 17.3 Å². The van der Waals surface area contributed by atoms with E-state index in [-0.39, 0.29) is 0 Å². The molecular formula is C10H14ClNO2. The third-order valence-corrected chi connectivity index (χ3v) is 2.15. The number of hydrogen-bond acceptors (Lipinski definition) is 3. The average molecular weight is 216 g/mol. The van der Waals surface area contributed by atoms with Crippen LogP contribution >= 0.6 is 11.6 Å². The van der Waals surface area contributed by atoms with Crippen molar-refractivity contribution in [1.29, 1.82) is 0 Å². The Kier molecular flexibility index (Phi) is 4.56. The van der Waals surface area contributed by atoms with Crippen LogP contribution in [0.5, 0.6) is 5.75 Å². The van der Waals surface area contributed by atoms with Gasteiger partial charge in [-0.05, 0) is 12.1 Å². The maximum atomic E-state index is 5.92. The Morgan fingerprint density at radius 1 is 1.36 bits per heavy atom. The van der Waals surface area contributed by atoms with Crippen molar-refractivity contribution in [2.24, 2.45) is 0 Å². The standard InChI is InChI=1S/C10H14ClNO2/c1-13-6-3-7-14-9-5-2-4-8(12)10(9)11/h2,4-5H,3,6-7,12H2,1H3. The molecule has 0 aliphatic heterocycles. The number of anilines is 1. The molecule has 0 spiro atoms. The van der Waals surface area contributed by atoms with E-state index < -0.39 is 0 Å². The van der Waals surface area contributed by atoms with Crippen LogP contribution in [0.3, 0.4) is 0 Å². The number of nitrogens with two attached hydrogens (primary N) is 1. The molecule has 0 saturated heterocycles. The molecule has 0 atom stereocenters. The minimum Gasteiger partial charge on any atom is -0.492 e. The molecule has 14 heavy (non-hydrogen) atoms. The second-order valence-electron chi connectivity index (χ2n) is 2.85. The predicted molar refractivity (Wildman–Crippen MR) is 57.9 cm³/mol. The zero-order valence-electron chi connectivity index (χ0n) is 8.13. The lowest BCUT2D eigenvalue weighted by molar-refractivity contribution is 0.172. The van der Waals surface area contributed by atoms with Crippen LogP contribution in [0.25, 0.3) is 0 Å². The lowest BCUT2D eigenvalue weighted by Gasteiger charge is -2.08. The molecule has 0 aliphatic carbocycles. The molecule has 0 aliphatic rings. The topological polar surface area (TPSA) is 44.5 Å². The molecule has 0 saturated carbocycles. The highest BCUT2D eigenvalue weighted by Gasteiger charge is 2.03. The normalized spacial score (nSPS) is 10.1. The van der Waals surface area contributed by atoms with E-state index in [1.54, 1.807) is 19.2 Å². The number of hydrogen-bond donors (Lipinski definition) is 1. The molecule has 1 aromatic rings. The molecular weight excluding hydrogens is 202 g/mol. The summed E-state index contributed by atoms with van der Waals surface area (Å²) in [4.78, 5) is 0. The van der Waals surface area contributed by atoms with Crippen LogP contribution in [0, 0.1) is 0 Å². The highest BCUT2D eigenvalue weighted by Crippen LogP contribution is 2.29. The zero-order valence-corrected chi connectivity index (χ0v) is 8.88. The Bertz CT molecular complexity index is 291. The number of halogens is 1. The Morgan fingerprint density at radius 3 is 2.86 bits per heavy atom. The van der Waals surface area contributed by atoms with Crippen molar-refractivity contribution in [3.63, 3.8) is 0 Å². The summed E-state index contributed by atoms with van der Waals surface area (Å²) < 4.78 is 10.3. The van der Waals surface area contributed by atoms with Gasteiger partial charge < -0.3 is 15.2 Å². The summed E-state index contributed by atoms with van der Waals surface area (Å²) in [5.74, 6) is 0.628. The summed E-state index contributed by atoms with van der Waals surface area (Å²) in [6.45, 7) is 1.26. The van der Waals surface area contributed by atoms with Crippen molar-refractivity contribution in [3.8, 4) is 5.75 Å². The average Bonchev–Trinajstić information content (AvgIpc) is 2.19. The van der Waals surface area contributed by atoms with Gasteiger partial charge in [0.25, 0.3) is 0 Å². The number of nitrogen functional groups attached to an aromatic ring is 1. The summed E-state index contributed by atoms with van der Waals surface area (Å²) in [5.41, 5.74) is 6.15. The highest BCUT2D eigenvalue weighted by molar-refractivity contribution is 6.34. The van der Waals surface area contributed by atoms with Gasteiger partial charge in [0.15, 0.2) is 0 Å². The Labute approximate surface area is 88.8 Å². The summed E-state index contributed by atoms with van der Waals surface area (Å²) in [5, 5.41) is 0.477. The van der Waals surface area contributed by atoms with E-state index in [1.807, 2.05) is 6.07 Å². The van der Waals surface area contributed by atoms with E-state index in [4.69, 9.17) is 26.8 Å². The molecule has 2 N–H and O–H groups in total. The van der Waals surface area contributed by atoms with Gasteiger partial charge in [-0.15, -0.1) is 0 Å². The first-order chi connectivity index (χ1) is 6.75. The van der Waals surface area contributed by atoms with E-state index in [0.29, 0.717) is 29.7 Å². The summed E-state index contributed by atoms with van der Waals surface area (Å²) in [6.07, 6.45) is 0.835. The van der Waals surface area contributed by atoms with Gasteiger partial charge in [-0.3, -0.25) is 0 Å². The lowest BCUT2D eigenvalue weighted by atomic mass is 10.3. The van der Waals surface area contributed by atoms with Gasteiger partial charge >= 0.3 is 0 Å². The van der Waals surface area contributed by atoms with Gasteiger partial charge in [0.1, 0.15) is 10.8 Å². The first-order valence-electron chi connectivity index (χ1n) is 4.41. The van der Waals surface area contributed by atoms with Gasteiger partial charge in [-0.1, -0.05) is 17.7 Å². The van der Waals surface area contributed by atoms with E-state index >= 15 is 0 Å². The van der Waals surface area contributed by atoms with E-state index in [9.17, 15) is 0 Å². The van der Waals surface area contributed by atoms with Crippen molar-refractivity contribution in [2.75, 3.05) is 26.1 Å². The van der Waals surface area contributed by atoms with Crippen molar-refractivity contribution in [2.45, 2.75) is 6.42 Å². The monoisotopic (exact) mass is 215 g/mol. The highest BCUT2D eigenvalue weighted by atomic mass is 35.5. The first-order valence-corrected chi connectivity index (χ1v) is 4.79. The Balaban J connectivity index is 2.46. The molecule has 0 fully saturated rings. The van der Waals surface area contributed by atoms with E-state index in [0.717, 1.165) is 6.42 Å². The maximum Gasteiger partial charge on any atom is 0.139 e. The smallest absolute Gasteiger partial charge is 0.139 e. The molecule has 0 aromatic heterocycles. The fraction of sp³-hybridized carbons (Fsp3) is 0.400. The van der Waals surface area contributed by atoms with E-state index in [1.165, 1.54) is 0 Å². The van der Waals surface area contributed by atoms with E-state index in [2.05, 4.69) is 0 Å². The molecule has 4 heteroatoms. The van der Waals surface area contributed by atoms with Crippen LogP contribution < -0.4 is 10.5 Å². The molecule has 1 aromatic carbocycles. The van der Waals surface area contributed by atoms with Crippen molar-refractivity contribution < 1.29 is 9.47 Å². The van der Waals surface area contributed by atoms with Gasteiger partial charge in [-0.25, -0.2) is 0 Å². The van der Waals surface area contributed by atoms with Crippen LogP contribution in [0.1, 0.15) is 6.42 Å². The summed E-state index contributed by atoms with van der Waals surface area (Å²) in [6, 6.07) is 5.35. The Hall–Kier alpha value is -0.930. The molecule has 78 valence electrons. The first kappa shape index (κ1) is 11.1. The van der Waals surface area contributed by atoms with Gasteiger partial charge in [0.05, 0.1) is 12.3 Å². The van der Waals surface area contributed by atoms with Crippen molar-refractivity contribution in [1.82, 2.24) is 0 Å². The van der Waals surface area contributed by atoms with Crippen LogP contribution in [0.15, 0.2) is 18.2 Å². The van der Waals surface area contributed by atoms with Gasteiger partial charge in [-0.2, -0.15) is 0 Å². The molecule has 0 bridgehead atoms. The largest absolute Gasteiger partial charge is 0.492 e. The third-order valence-electron chi connectivity index (χ3n) is 1.74. The molecule has 0 amide bonds. The molecule has 0 heterocycles. The Morgan fingerprint density at radius 2 is 2.14 bits per heavy atom. The second-order valence-corrected chi connectivity index (χ2v) is 3.23. The molecule has 1 rings (SSSR count). The quantitative estimate of drug-likeness (QED) is 0.606. The predicted octanol–water partition coefficient (Wildman–Crippen LogP) is 2.34. The molecule has 3 nitrogen and oxygen atoms in total. The summed E-state index contributed by atoms with van der Waals surface area (Å²) >= 11 is 5.92. The summed E-state index contributed by atoms with van der Waals surface area (Å²) in [7, 11) is 1.66. The lowest BCUT2D eigenvalue weighted by Crippen LogP contribution is -2.02.